The summed E-state index contributed by atoms with van der Waals surface area (Å²) >= 11 is 1.69. The summed E-state index contributed by atoms with van der Waals surface area (Å²) in [6.07, 6.45) is 2.94. The summed E-state index contributed by atoms with van der Waals surface area (Å²) in [6.45, 7) is 1.66. The molecule has 0 spiro atoms. The lowest BCUT2D eigenvalue weighted by Crippen LogP contribution is -2.33. The van der Waals surface area contributed by atoms with E-state index in [1.807, 2.05) is 17.6 Å². The zero-order valence-corrected chi connectivity index (χ0v) is 10.9. The topological polar surface area (TPSA) is 34.1 Å². The number of thiazole rings is 1. The first-order valence-corrected chi connectivity index (χ1v) is 7.09. The molecule has 1 aliphatic heterocycles. The number of benzene rings is 1. The highest BCUT2D eigenvalue weighted by molar-refractivity contribution is 7.09. The third kappa shape index (κ3) is 2.61. The maximum absolute atomic E-state index is 5.43. The van der Waals surface area contributed by atoms with E-state index in [1.54, 1.807) is 11.3 Å². The Hall–Kier alpha value is -1.23. The monoisotopic (exact) mass is 260 g/mol. The number of nitrogens with zero attached hydrogens (tertiary/aromatic N) is 1. The van der Waals surface area contributed by atoms with Crippen LogP contribution in [0.1, 0.15) is 23.0 Å². The fourth-order valence-electron chi connectivity index (χ4n) is 2.23. The van der Waals surface area contributed by atoms with Crippen molar-refractivity contribution in [3.05, 3.63) is 52.5 Å². The average Bonchev–Trinajstić information content (AvgIpc) is 3.10. The Kier molecular flexibility index (Phi) is 3.69. The zero-order valence-electron chi connectivity index (χ0n) is 10.1. The maximum Gasteiger partial charge on any atom is 0.114 e. The fraction of sp³-hybridized carbons (Fsp3) is 0.357. The van der Waals surface area contributed by atoms with E-state index in [4.69, 9.17) is 4.74 Å². The van der Waals surface area contributed by atoms with Crippen LogP contribution in [0.4, 0.5) is 0 Å². The molecule has 1 N–H and O–H groups in total. The van der Waals surface area contributed by atoms with Crippen molar-refractivity contribution in [2.45, 2.75) is 18.5 Å². The maximum atomic E-state index is 5.43. The highest BCUT2D eigenvalue weighted by Crippen LogP contribution is 2.25. The van der Waals surface area contributed by atoms with Crippen molar-refractivity contribution in [3.63, 3.8) is 0 Å². The van der Waals surface area contributed by atoms with E-state index in [1.165, 1.54) is 5.56 Å². The molecule has 2 unspecified atom stereocenters. The molecule has 0 saturated carbocycles. The molecule has 1 fully saturated rings. The second-order valence-electron chi connectivity index (χ2n) is 4.44. The third-order valence-electron chi connectivity index (χ3n) is 3.16. The first-order valence-electron chi connectivity index (χ1n) is 6.21. The van der Waals surface area contributed by atoms with E-state index in [2.05, 4.69) is 34.6 Å². The molecule has 94 valence electrons. The van der Waals surface area contributed by atoms with Crippen molar-refractivity contribution >= 4 is 11.3 Å². The van der Waals surface area contributed by atoms with Crippen LogP contribution in [-0.4, -0.2) is 24.2 Å². The first-order chi connectivity index (χ1) is 8.93. The SMILES string of the molecule is c1ccc(C(NC2CCOC2)c2nccs2)cc1. The highest BCUT2D eigenvalue weighted by atomic mass is 32.1. The van der Waals surface area contributed by atoms with Gasteiger partial charge in [0, 0.05) is 24.2 Å². The van der Waals surface area contributed by atoms with Gasteiger partial charge in [-0.1, -0.05) is 30.3 Å². The predicted octanol–water partition coefficient (Wildman–Crippen LogP) is 2.61. The Morgan fingerprint density at radius 1 is 1.33 bits per heavy atom. The summed E-state index contributed by atoms with van der Waals surface area (Å²) in [5, 5.41) is 6.80. The molecule has 0 radical (unpaired) electrons. The van der Waals surface area contributed by atoms with Gasteiger partial charge in [-0.2, -0.15) is 0 Å². The summed E-state index contributed by atoms with van der Waals surface area (Å²) in [5.74, 6) is 0. The minimum absolute atomic E-state index is 0.179. The van der Waals surface area contributed by atoms with Crippen LogP contribution in [0.5, 0.6) is 0 Å². The summed E-state index contributed by atoms with van der Waals surface area (Å²) in [5.41, 5.74) is 1.26. The van der Waals surface area contributed by atoms with Gasteiger partial charge in [-0.3, -0.25) is 5.32 Å². The molecule has 2 atom stereocenters. The molecule has 1 aromatic carbocycles. The van der Waals surface area contributed by atoms with Gasteiger partial charge in [0.05, 0.1) is 12.6 Å². The quantitative estimate of drug-likeness (QED) is 0.917. The number of rotatable bonds is 4. The predicted molar refractivity (Wildman–Crippen MR) is 72.8 cm³/mol. The second-order valence-corrected chi connectivity index (χ2v) is 5.37. The van der Waals surface area contributed by atoms with Gasteiger partial charge in [0.2, 0.25) is 0 Å². The lowest BCUT2D eigenvalue weighted by Gasteiger charge is -2.20. The fourth-order valence-corrected chi connectivity index (χ4v) is 2.96. The molecule has 18 heavy (non-hydrogen) atoms. The van der Waals surface area contributed by atoms with Crippen molar-refractivity contribution in [1.29, 1.82) is 0 Å². The summed E-state index contributed by atoms with van der Waals surface area (Å²) in [4.78, 5) is 4.45. The van der Waals surface area contributed by atoms with Crippen molar-refractivity contribution in [1.82, 2.24) is 10.3 Å². The normalized spacial score (nSPS) is 21.0. The lowest BCUT2D eigenvalue weighted by molar-refractivity contribution is 0.189. The lowest BCUT2D eigenvalue weighted by atomic mass is 10.1. The molecular formula is C14H16N2OS. The minimum atomic E-state index is 0.179. The number of hydrogen-bond donors (Lipinski definition) is 1. The molecule has 1 aromatic heterocycles. The van der Waals surface area contributed by atoms with Gasteiger partial charge in [-0.15, -0.1) is 11.3 Å². The van der Waals surface area contributed by atoms with Crippen LogP contribution in [0.25, 0.3) is 0 Å². The molecule has 0 bridgehead atoms. The molecule has 1 saturated heterocycles. The Balaban J connectivity index is 1.84. The summed E-state index contributed by atoms with van der Waals surface area (Å²) in [7, 11) is 0. The molecule has 2 heterocycles. The Morgan fingerprint density at radius 3 is 2.89 bits per heavy atom. The highest BCUT2D eigenvalue weighted by Gasteiger charge is 2.23. The van der Waals surface area contributed by atoms with Crippen LogP contribution >= 0.6 is 11.3 Å². The van der Waals surface area contributed by atoms with Crippen LogP contribution in [0.3, 0.4) is 0 Å². The average molecular weight is 260 g/mol. The molecule has 3 nitrogen and oxygen atoms in total. The van der Waals surface area contributed by atoms with Gasteiger partial charge < -0.3 is 4.74 Å². The molecule has 0 aliphatic carbocycles. The van der Waals surface area contributed by atoms with Gasteiger partial charge in [-0.05, 0) is 12.0 Å². The van der Waals surface area contributed by atoms with Gasteiger partial charge in [0.25, 0.3) is 0 Å². The van der Waals surface area contributed by atoms with E-state index < -0.39 is 0 Å². The first kappa shape index (κ1) is 11.8. The minimum Gasteiger partial charge on any atom is -0.380 e. The molecule has 2 aromatic rings. The van der Waals surface area contributed by atoms with E-state index in [0.717, 1.165) is 24.6 Å². The van der Waals surface area contributed by atoms with Gasteiger partial charge in [0.1, 0.15) is 5.01 Å². The summed E-state index contributed by atoms with van der Waals surface area (Å²) < 4.78 is 5.43. The van der Waals surface area contributed by atoms with E-state index in [-0.39, 0.29) is 6.04 Å². The zero-order chi connectivity index (χ0) is 12.2. The largest absolute Gasteiger partial charge is 0.380 e. The van der Waals surface area contributed by atoms with Crippen LogP contribution in [-0.2, 0) is 4.74 Å². The molecule has 4 heteroatoms. The molecule has 0 amide bonds. The number of ether oxygens (including phenoxy) is 1. The smallest absolute Gasteiger partial charge is 0.114 e. The van der Waals surface area contributed by atoms with E-state index in [9.17, 15) is 0 Å². The molecule has 3 rings (SSSR count). The molecular weight excluding hydrogens is 244 g/mol. The summed E-state index contributed by atoms with van der Waals surface area (Å²) in [6, 6.07) is 11.1. The standard InChI is InChI=1S/C14H16N2OS/c1-2-4-11(5-3-1)13(14-15-7-9-18-14)16-12-6-8-17-10-12/h1-5,7,9,12-13,16H,6,8,10H2. The Bertz CT molecular complexity index is 466. The van der Waals surface area contributed by atoms with Gasteiger partial charge in [-0.25, -0.2) is 4.98 Å². The third-order valence-corrected chi connectivity index (χ3v) is 4.00. The van der Waals surface area contributed by atoms with Gasteiger partial charge in [0.15, 0.2) is 0 Å². The van der Waals surface area contributed by atoms with Crippen molar-refractivity contribution < 1.29 is 4.74 Å². The Labute approximate surface area is 111 Å². The number of aromatic nitrogens is 1. The van der Waals surface area contributed by atoms with Crippen LogP contribution in [0, 0.1) is 0 Å². The van der Waals surface area contributed by atoms with Crippen molar-refractivity contribution in [2.75, 3.05) is 13.2 Å². The molecule has 1 aliphatic rings. The van der Waals surface area contributed by atoms with Crippen molar-refractivity contribution in [3.8, 4) is 0 Å². The van der Waals surface area contributed by atoms with Crippen LogP contribution < -0.4 is 5.32 Å². The van der Waals surface area contributed by atoms with Crippen LogP contribution in [0.2, 0.25) is 0 Å². The van der Waals surface area contributed by atoms with E-state index in [0.29, 0.717) is 6.04 Å². The van der Waals surface area contributed by atoms with Crippen LogP contribution in [0.15, 0.2) is 41.9 Å². The van der Waals surface area contributed by atoms with E-state index >= 15 is 0 Å². The second kappa shape index (κ2) is 5.61. The Morgan fingerprint density at radius 2 is 2.22 bits per heavy atom. The number of nitrogens with one attached hydrogen (secondary N) is 1. The van der Waals surface area contributed by atoms with Crippen molar-refractivity contribution in [2.24, 2.45) is 0 Å². The number of hydrogen-bond acceptors (Lipinski definition) is 4. The van der Waals surface area contributed by atoms with Gasteiger partial charge >= 0.3 is 0 Å².